The van der Waals surface area contributed by atoms with Crippen LogP contribution in [0.1, 0.15) is 41.6 Å². The number of anilines is 2. The number of nitrogens with two attached hydrogens (primary N) is 2. The molecule has 10 nitrogen and oxygen atoms in total. The molecule has 2 atom stereocenters. The summed E-state index contributed by atoms with van der Waals surface area (Å²) in [5, 5.41) is 7.05. The van der Waals surface area contributed by atoms with Crippen molar-refractivity contribution in [3.8, 4) is 0 Å². The second-order valence-electron chi connectivity index (χ2n) is 8.82. The number of hydrogen-bond donors (Lipinski definition) is 4. The number of aliphatic imine (C=N–C) groups is 1. The van der Waals surface area contributed by atoms with Crippen LogP contribution in [-0.2, 0) is 9.84 Å². The van der Waals surface area contributed by atoms with E-state index in [1.54, 1.807) is 0 Å². The Hall–Kier alpha value is -3.73. The van der Waals surface area contributed by atoms with Gasteiger partial charge in [-0.05, 0) is 56.2 Å². The van der Waals surface area contributed by atoms with E-state index >= 15 is 0 Å². The van der Waals surface area contributed by atoms with Crippen molar-refractivity contribution in [3.05, 3.63) is 53.6 Å². The fourth-order valence-corrected chi connectivity index (χ4v) is 4.87. The molecule has 0 bridgehead atoms. The first kappa shape index (κ1) is 24.4. The van der Waals surface area contributed by atoms with Gasteiger partial charge in [-0.3, -0.25) is 10.1 Å². The molecule has 1 heterocycles. The average molecular weight is 496 g/mol. The SMILES string of the molecule is Cc1ccc2nc(NC(=O)c3ccc(S(C)(=O)=O)cc3)nc(NC3CCCCC3N=C(N)N)c2c1. The molecule has 1 fully saturated rings. The predicted octanol–water partition coefficient (Wildman–Crippen LogP) is 2.59. The maximum atomic E-state index is 12.8. The number of amides is 1. The minimum absolute atomic E-state index is 0.0171. The highest BCUT2D eigenvalue weighted by molar-refractivity contribution is 7.90. The third-order valence-corrected chi connectivity index (χ3v) is 7.12. The van der Waals surface area contributed by atoms with Crippen LogP contribution < -0.4 is 22.1 Å². The molecule has 4 rings (SSSR count). The molecule has 1 aliphatic rings. The molecule has 1 amide bonds. The molecular formula is C24H29N7O3S. The van der Waals surface area contributed by atoms with E-state index in [1.165, 1.54) is 24.3 Å². The summed E-state index contributed by atoms with van der Waals surface area (Å²) >= 11 is 0. The van der Waals surface area contributed by atoms with Crippen LogP contribution in [0.5, 0.6) is 0 Å². The topological polar surface area (TPSA) is 165 Å². The molecule has 6 N–H and O–H groups in total. The highest BCUT2D eigenvalue weighted by Gasteiger charge is 2.26. The van der Waals surface area contributed by atoms with Crippen molar-refractivity contribution in [2.75, 3.05) is 16.9 Å². The lowest BCUT2D eigenvalue weighted by atomic mass is 9.90. The smallest absolute Gasteiger partial charge is 0.258 e. The largest absolute Gasteiger partial charge is 0.370 e. The Morgan fingerprint density at radius 3 is 2.46 bits per heavy atom. The maximum Gasteiger partial charge on any atom is 0.258 e. The summed E-state index contributed by atoms with van der Waals surface area (Å²) in [7, 11) is -3.35. The molecule has 1 aromatic heterocycles. The number of carbonyl (C=O) groups is 1. The lowest BCUT2D eigenvalue weighted by Gasteiger charge is -2.30. The summed E-state index contributed by atoms with van der Waals surface area (Å²) in [5.41, 5.74) is 13.3. The number of rotatable bonds is 6. The fourth-order valence-electron chi connectivity index (χ4n) is 4.24. The van der Waals surface area contributed by atoms with E-state index in [1.807, 2.05) is 25.1 Å². The van der Waals surface area contributed by atoms with Crippen molar-refractivity contribution in [1.82, 2.24) is 9.97 Å². The van der Waals surface area contributed by atoms with Gasteiger partial charge in [0.1, 0.15) is 5.82 Å². The third kappa shape index (κ3) is 5.86. The van der Waals surface area contributed by atoms with Gasteiger partial charge >= 0.3 is 0 Å². The molecule has 1 saturated carbocycles. The molecule has 35 heavy (non-hydrogen) atoms. The maximum absolute atomic E-state index is 12.8. The Balaban J connectivity index is 1.65. The molecule has 0 saturated heterocycles. The fraction of sp³-hybridized carbons (Fsp3) is 0.333. The van der Waals surface area contributed by atoms with Crippen LogP contribution in [0.3, 0.4) is 0 Å². The summed E-state index contributed by atoms with van der Waals surface area (Å²) in [4.78, 5) is 26.5. The van der Waals surface area contributed by atoms with Crippen molar-refractivity contribution in [2.24, 2.45) is 16.5 Å². The van der Waals surface area contributed by atoms with Gasteiger partial charge in [0.15, 0.2) is 15.8 Å². The van der Waals surface area contributed by atoms with Crippen LogP contribution in [0.25, 0.3) is 10.9 Å². The molecule has 184 valence electrons. The number of hydrogen-bond acceptors (Lipinski definition) is 7. The number of aryl methyl sites for hydroxylation is 1. The zero-order chi connectivity index (χ0) is 25.2. The van der Waals surface area contributed by atoms with Gasteiger partial charge in [-0.2, -0.15) is 4.98 Å². The van der Waals surface area contributed by atoms with E-state index in [0.717, 1.165) is 42.9 Å². The number of guanidine groups is 1. The summed E-state index contributed by atoms with van der Waals surface area (Å²) in [5.74, 6) is 0.333. The number of benzene rings is 2. The average Bonchev–Trinajstić information content (AvgIpc) is 2.80. The Bertz CT molecular complexity index is 1380. The van der Waals surface area contributed by atoms with Crippen LogP contribution in [0.15, 0.2) is 52.4 Å². The van der Waals surface area contributed by atoms with Gasteiger partial charge in [0, 0.05) is 17.2 Å². The second kappa shape index (κ2) is 9.87. The zero-order valence-electron chi connectivity index (χ0n) is 19.7. The molecular weight excluding hydrogens is 466 g/mol. The molecule has 2 aromatic carbocycles. The molecule has 0 aliphatic heterocycles. The van der Waals surface area contributed by atoms with Crippen molar-refractivity contribution in [3.63, 3.8) is 0 Å². The number of carbonyl (C=O) groups excluding carboxylic acids is 1. The van der Waals surface area contributed by atoms with Gasteiger partial charge in [-0.15, -0.1) is 0 Å². The van der Waals surface area contributed by atoms with Crippen molar-refractivity contribution >= 4 is 44.4 Å². The monoisotopic (exact) mass is 495 g/mol. The molecule has 2 unspecified atom stereocenters. The summed E-state index contributed by atoms with van der Waals surface area (Å²) in [6.45, 7) is 1.99. The Morgan fingerprint density at radius 2 is 1.77 bits per heavy atom. The second-order valence-corrected chi connectivity index (χ2v) is 10.8. The van der Waals surface area contributed by atoms with Gasteiger partial charge < -0.3 is 16.8 Å². The molecule has 0 radical (unpaired) electrons. The number of nitrogens with zero attached hydrogens (tertiary/aromatic N) is 3. The van der Waals surface area contributed by atoms with Gasteiger partial charge in [0.2, 0.25) is 5.95 Å². The first-order chi connectivity index (χ1) is 16.6. The lowest BCUT2D eigenvalue weighted by Crippen LogP contribution is -2.38. The van der Waals surface area contributed by atoms with Crippen molar-refractivity contribution < 1.29 is 13.2 Å². The van der Waals surface area contributed by atoms with Gasteiger partial charge in [0.25, 0.3) is 5.91 Å². The van der Waals surface area contributed by atoms with E-state index in [9.17, 15) is 13.2 Å². The minimum atomic E-state index is -3.35. The van der Waals surface area contributed by atoms with E-state index in [0.29, 0.717) is 16.9 Å². The van der Waals surface area contributed by atoms with E-state index in [4.69, 9.17) is 11.5 Å². The van der Waals surface area contributed by atoms with E-state index in [2.05, 4.69) is 25.6 Å². The number of aromatic nitrogens is 2. The Morgan fingerprint density at radius 1 is 1.06 bits per heavy atom. The minimum Gasteiger partial charge on any atom is -0.370 e. The van der Waals surface area contributed by atoms with Crippen LogP contribution in [0.4, 0.5) is 11.8 Å². The Labute approximate surface area is 204 Å². The van der Waals surface area contributed by atoms with Gasteiger partial charge in [-0.1, -0.05) is 24.5 Å². The van der Waals surface area contributed by atoms with Gasteiger partial charge in [0.05, 0.1) is 22.5 Å². The molecule has 3 aromatic rings. The molecule has 0 spiro atoms. The third-order valence-electron chi connectivity index (χ3n) is 5.99. The zero-order valence-corrected chi connectivity index (χ0v) is 20.5. The summed E-state index contributed by atoms with van der Waals surface area (Å²) in [6.07, 6.45) is 4.95. The first-order valence-corrected chi connectivity index (χ1v) is 13.2. The Kier molecular flexibility index (Phi) is 6.88. The summed E-state index contributed by atoms with van der Waals surface area (Å²) < 4.78 is 23.4. The van der Waals surface area contributed by atoms with Crippen molar-refractivity contribution in [2.45, 2.75) is 49.6 Å². The van der Waals surface area contributed by atoms with E-state index < -0.39 is 15.7 Å². The van der Waals surface area contributed by atoms with Crippen LogP contribution in [0.2, 0.25) is 0 Å². The van der Waals surface area contributed by atoms with Crippen LogP contribution >= 0.6 is 0 Å². The quantitative estimate of drug-likeness (QED) is 0.299. The number of sulfone groups is 1. The van der Waals surface area contributed by atoms with Crippen LogP contribution in [0, 0.1) is 6.92 Å². The number of fused-ring (bicyclic) bond motifs is 1. The number of nitrogens with one attached hydrogen (secondary N) is 2. The van der Waals surface area contributed by atoms with Gasteiger partial charge in [-0.25, -0.2) is 18.4 Å². The molecule has 11 heteroatoms. The standard InChI is InChI=1S/C24H29N7O3S/c1-14-7-12-18-17(13-14)21(27-19-5-3-4-6-20(19)28-23(25)26)30-24(29-18)31-22(32)15-8-10-16(11-9-15)35(2,33)34/h7-13,19-20H,3-6H2,1-2H3,(H4,25,26,28)(H2,27,29,30,31,32). The highest BCUT2D eigenvalue weighted by Crippen LogP contribution is 2.29. The predicted molar refractivity (Wildman–Crippen MR) is 137 cm³/mol. The molecule has 1 aliphatic carbocycles. The normalized spacial score (nSPS) is 18.1. The lowest BCUT2D eigenvalue weighted by molar-refractivity contribution is 0.102. The first-order valence-electron chi connectivity index (χ1n) is 11.4. The van der Waals surface area contributed by atoms with Crippen molar-refractivity contribution in [1.29, 1.82) is 0 Å². The van der Waals surface area contributed by atoms with E-state index in [-0.39, 0.29) is 28.9 Å². The highest BCUT2D eigenvalue weighted by atomic mass is 32.2. The van der Waals surface area contributed by atoms with Crippen LogP contribution in [-0.4, -0.2) is 48.6 Å². The summed E-state index contributed by atoms with van der Waals surface area (Å²) in [6, 6.07) is 11.4.